The molecule has 11 heavy (non-hydrogen) atoms. The average molecular weight is 282 g/mol. The molecular weight excluding hydrogens is 268 g/mol. The number of rotatable bonds is 0. The molecule has 0 aromatic heterocycles. The summed E-state index contributed by atoms with van der Waals surface area (Å²) in [5.74, 6) is 1.95. The van der Waals surface area contributed by atoms with Crippen LogP contribution in [0.1, 0.15) is 32.6 Å². The molecule has 0 N–H and O–H groups in total. The quantitative estimate of drug-likeness (QED) is 0.594. The lowest BCUT2D eigenvalue weighted by Gasteiger charge is -2.39. The van der Waals surface area contributed by atoms with Crippen LogP contribution < -0.4 is 0 Å². The van der Waals surface area contributed by atoms with Crippen LogP contribution in [0.3, 0.4) is 0 Å². The van der Waals surface area contributed by atoms with Crippen molar-refractivity contribution >= 4 is 31.9 Å². The molecule has 0 amide bonds. The van der Waals surface area contributed by atoms with Crippen LogP contribution in [0, 0.1) is 11.8 Å². The summed E-state index contributed by atoms with van der Waals surface area (Å²) in [6.07, 6.45) is 5.74. The molecule has 0 aromatic rings. The van der Waals surface area contributed by atoms with E-state index >= 15 is 0 Å². The SMILES string of the molecule is C[C@@]1(Br)[C@H]2CC[C@H](C2)C[C@H]1Br. The van der Waals surface area contributed by atoms with E-state index in [0.717, 1.165) is 11.8 Å². The predicted octanol–water partition coefficient (Wildman–Crippen LogP) is 3.72. The molecular formula is C9H14Br2. The first-order valence-corrected chi connectivity index (χ1v) is 6.14. The van der Waals surface area contributed by atoms with Gasteiger partial charge in [0.25, 0.3) is 0 Å². The Morgan fingerprint density at radius 3 is 2.73 bits per heavy atom. The minimum absolute atomic E-state index is 0.375. The van der Waals surface area contributed by atoms with Crippen LogP contribution in [0.15, 0.2) is 0 Å². The zero-order valence-corrected chi connectivity index (χ0v) is 9.99. The van der Waals surface area contributed by atoms with Crippen molar-refractivity contribution in [2.75, 3.05) is 0 Å². The van der Waals surface area contributed by atoms with Gasteiger partial charge in [0.05, 0.1) is 0 Å². The fraction of sp³-hybridized carbons (Fsp3) is 1.00. The minimum Gasteiger partial charge on any atom is -0.0875 e. The van der Waals surface area contributed by atoms with Gasteiger partial charge < -0.3 is 0 Å². The van der Waals surface area contributed by atoms with Gasteiger partial charge in [0.1, 0.15) is 0 Å². The molecule has 0 heterocycles. The zero-order valence-electron chi connectivity index (χ0n) is 6.82. The summed E-state index contributed by atoms with van der Waals surface area (Å²) in [5, 5.41) is 0. The molecule has 0 spiro atoms. The third kappa shape index (κ3) is 1.31. The molecule has 0 unspecified atom stereocenters. The van der Waals surface area contributed by atoms with Gasteiger partial charge in [-0.05, 0) is 38.0 Å². The predicted molar refractivity (Wildman–Crippen MR) is 55.5 cm³/mol. The van der Waals surface area contributed by atoms with Crippen molar-refractivity contribution < 1.29 is 0 Å². The summed E-state index contributed by atoms with van der Waals surface area (Å²) in [4.78, 5) is 0.696. The maximum Gasteiger partial charge on any atom is 0.0382 e. The molecule has 2 fully saturated rings. The number of hydrogen-bond acceptors (Lipinski definition) is 0. The van der Waals surface area contributed by atoms with E-state index in [0.29, 0.717) is 9.15 Å². The highest BCUT2D eigenvalue weighted by atomic mass is 79.9. The zero-order chi connectivity index (χ0) is 8.06. The fourth-order valence-electron chi connectivity index (χ4n) is 2.58. The van der Waals surface area contributed by atoms with Gasteiger partial charge in [-0.25, -0.2) is 0 Å². The Balaban J connectivity index is 2.20. The lowest BCUT2D eigenvalue weighted by atomic mass is 9.81. The molecule has 0 nitrogen and oxygen atoms in total. The summed E-state index contributed by atoms with van der Waals surface area (Å²) < 4.78 is 0.375. The normalized spacial score (nSPS) is 56.5. The molecule has 2 bridgehead atoms. The summed E-state index contributed by atoms with van der Waals surface area (Å²) in [6.45, 7) is 2.35. The third-order valence-electron chi connectivity index (χ3n) is 3.49. The van der Waals surface area contributed by atoms with E-state index in [9.17, 15) is 0 Å². The van der Waals surface area contributed by atoms with Gasteiger partial charge in [0.2, 0.25) is 0 Å². The summed E-state index contributed by atoms with van der Waals surface area (Å²) >= 11 is 7.65. The fourth-order valence-corrected chi connectivity index (χ4v) is 4.09. The van der Waals surface area contributed by atoms with Crippen molar-refractivity contribution in [3.05, 3.63) is 0 Å². The Bertz CT molecular complexity index is 165. The minimum atomic E-state index is 0.375. The first-order chi connectivity index (χ1) is 5.10. The highest BCUT2D eigenvalue weighted by molar-refractivity contribution is 9.12. The lowest BCUT2D eigenvalue weighted by molar-refractivity contribution is 0.316. The molecule has 0 radical (unpaired) electrons. The maximum atomic E-state index is 3.86. The molecule has 64 valence electrons. The second-order valence-electron chi connectivity index (χ2n) is 4.23. The number of halogens is 2. The Morgan fingerprint density at radius 2 is 2.00 bits per heavy atom. The van der Waals surface area contributed by atoms with E-state index in [4.69, 9.17) is 0 Å². The molecule has 0 aromatic carbocycles. The molecule has 2 aliphatic rings. The van der Waals surface area contributed by atoms with E-state index in [2.05, 4.69) is 38.8 Å². The van der Waals surface area contributed by atoms with E-state index < -0.39 is 0 Å². The molecule has 2 aliphatic carbocycles. The van der Waals surface area contributed by atoms with Crippen LogP contribution >= 0.6 is 31.9 Å². The van der Waals surface area contributed by atoms with Gasteiger partial charge >= 0.3 is 0 Å². The largest absolute Gasteiger partial charge is 0.0875 e. The molecule has 2 saturated carbocycles. The molecule has 4 atom stereocenters. The van der Waals surface area contributed by atoms with Crippen molar-refractivity contribution in [2.24, 2.45) is 11.8 Å². The number of hydrogen-bond donors (Lipinski definition) is 0. The number of alkyl halides is 2. The smallest absolute Gasteiger partial charge is 0.0382 e. The van der Waals surface area contributed by atoms with Gasteiger partial charge in [-0.2, -0.15) is 0 Å². The first-order valence-electron chi connectivity index (χ1n) is 4.43. The lowest BCUT2D eigenvalue weighted by Crippen LogP contribution is -2.39. The maximum absolute atomic E-state index is 3.86. The third-order valence-corrected chi connectivity index (χ3v) is 6.63. The monoisotopic (exact) mass is 280 g/mol. The van der Waals surface area contributed by atoms with Gasteiger partial charge in [-0.1, -0.05) is 38.3 Å². The highest BCUT2D eigenvalue weighted by Gasteiger charge is 2.47. The van der Waals surface area contributed by atoms with Crippen molar-refractivity contribution in [2.45, 2.75) is 41.8 Å². The van der Waals surface area contributed by atoms with Crippen molar-refractivity contribution in [1.82, 2.24) is 0 Å². The second-order valence-corrected chi connectivity index (χ2v) is 7.04. The summed E-state index contributed by atoms with van der Waals surface area (Å²) in [6, 6.07) is 0. The average Bonchev–Trinajstić information content (AvgIpc) is 2.31. The Kier molecular flexibility index (Phi) is 2.12. The van der Waals surface area contributed by atoms with Crippen molar-refractivity contribution in [1.29, 1.82) is 0 Å². The van der Waals surface area contributed by atoms with Crippen LogP contribution in [0.5, 0.6) is 0 Å². The van der Waals surface area contributed by atoms with E-state index in [-0.39, 0.29) is 0 Å². The summed E-state index contributed by atoms with van der Waals surface area (Å²) in [7, 11) is 0. The Morgan fingerprint density at radius 1 is 1.27 bits per heavy atom. The molecule has 2 rings (SSSR count). The first kappa shape index (κ1) is 8.55. The van der Waals surface area contributed by atoms with E-state index in [1.807, 2.05) is 0 Å². The van der Waals surface area contributed by atoms with Crippen molar-refractivity contribution in [3.8, 4) is 0 Å². The highest BCUT2D eigenvalue weighted by Crippen LogP contribution is 2.53. The Hall–Kier alpha value is 0.960. The van der Waals surface area contributed by atoms with Gasteiger partial charge in [-0.15, -0.1) is 0 Å². The van der Waals surface area contributed by atoms with Crippen molar-refractivity contribution in [3.63, 3.8) is 0 Å². The van der Waals surface area contributed by atoms with Crippen LogP contribution in [-0.2, 0) is 0 Å². The van der Waals surface area contributed by atoms with Gasteiger partial charge in [0.15, 0.2) is 0 Å². The van der Waals surface area contributed by atoms with Crippen LogP contribution in [0.25, 0.3) is 0 Å². The Labute approximate surface area is 85.4 Å². The van der Waals surface area contributed by atoms with Gasteiger partial charge in [-0.3, -0.25) is 0 Å². The molecule has 2 heteroatoms. The van der Waals surface area contributed by atoms with E-state index in [1.54, 1.807) is 0 Å². The standard InChI is InChI=1S/C9H14Br2/c1-9(11)7-3-2-6(4-7)5-8(9)10/h6-8H,2-5H2,1H3/t6-,7+,8-,9-/m1/s1. The van der Waals surface area contributed by atoms with Gasteiger partial charge in [0, 0.05) is 9.15 Å². The summed E-state index contributed by atoms with van der Waals surface area (Å²) in [5.41, 5.74) is 0. The second kappa shape index (κ2) is 2.73. The van der Waals surface area contributed by atoms with E-state index in [1.165, 1.54) is 25.7 Å². The van der Waals surface area contributed by atoms with Crippen LogP contribution in [0.2, 0.25) is 0 Å². The number of fused-ring (bicyclic) bond motifs is 2. The van der Waals surface area contributed by atoms with Crippen LogP contribution in [0.4, 0.5) is 0 Å². The molecule has 0 aliphatic heterocycles. The topological polar surface area (TPSA) is 0 Å². The molecule has 0 saturated heterocycles. The van der Waals surface area contributed by atoms with Crippen LogP contribution in [-0.4, -0.2) is 9.15 Å².